The van der Waals surface area contributed by atoms with E-state index in [1.165, 1.54) is 63.5 Å². The highest BCUT2D eigenvalue weighted by Gasteiger charge is 2.37. The Morgan fingerprint density at radius 2 is 1.81 bits per heavy atom. The summed E-state index contributed by atoms with van der Waals surface area (Å²) < 4.78 is 18.7. The molecule has 2 nitrogen and oxygen atoms in total. The van der Waals surface area contributed by atoms with Crippen LogP contribution in [0.15, 0.2) is 24.1 Å². The first-order valence-corrected chi connectivity index (χ1v) is 10.6. The molecule has 26 heavy (non-hydrogen) atoms. The van der Waals surface area contributed by atoms with Gasteiger partial charge in [0.15, 0.2) is 5.83 Å². The number of methoxy groups -OCH3 is 1. The Kier molecular flexibility index (Phi) is 8.85. The summed E-state index contributed by atoms with van der Waals surface area (Å²) in [5.41, 5.74) is -0.00224. The summed E-state index contributed by atoms with van der Waals surface area (Å²) in [5.74, 6) is 2.09. The molecule has 0 N–H and O–H groups in total. The van der Waals surface area contributed by atoms with Crippen molar-refractivity contribution in [2.75, 3.05) is 7.11 Å². The van der Waals surface area contributed by atoms with Crippen LogP contribution in [-0.2, 0) is 4.74 Å². The molecule has 0 heterocycles. The highest BCUT2D eigenvalue weighted by molar-refractivity contribution is 5.18. The summed E-state index contributed by atoms with van der Waals surface area (Å²) >= 11 is 0. The second-order valence-corrected chi connectivity index (χ2v) is 8.39. The van der Waals surface area contributed by atoms with Gasteiger partial charge in [-0.25, -0.2) is 0 Å². The van der Waals surface area contributed by atoms with Crippen molar-refractivity contribution in [1.29, 1.82) is 5.26 Å². The molecule has 0 aliphatic heterocycles. The average Bonchev–Trinajstić information content (AvgIpc) is 2.69. The molecule has 0 atom stereocenters. The number of hydrogen-bond donors (Lipinski definition) is 0. The van der Waals surface area contributed by atoms with E-state index in [0.29, 0.717) is 0 Å². The lowest BCUT2D eigenvalue weighted by atomic mass is 9.67. The third-order valence-corrected chi connectivity index (χ3v) is 6.88. The molecular formula is C23H36FNO. The SMILES string of the molecule is CCC[C@H]1CC[C@H]([C@H]2CC[C@@](CCC=CC=C(F)C#N)(OC)CC2)CC1. The third-order valence-electron chi connectivity index (χ3n) is 6.88. The Morgan fingerprint density at radius 1 is 1.15 bits per heavy atom. The Balaban J connectivity index is 1.75. The van der Waals surface area contributed by atoms with Gasteiger partial charge in [0.2, 0.25) is 0 Å². The minimum Gasteiger partial charge on any atom is -0.378 e. The molecule has 2 saturated carbocycles. The van der Waals surface area contributed by atoms with E-state index in [-0.39, 0.29) is 5.60 Å². The van der Waals surface area contributed by atoms with Crippen LogP contribution in [0.1, 0.15) is 84.0 Å². The van der Waals surface area contributed by atoms with Gasteiger partial charge in [0.05, 0.1) is 5.60 Å². The van der Waals surface area contributed by atoms with Crippen LogP contribution < -0.4 is 0 Å². The Hall–Kier alpha value is -1.14. The Bertz CT molecular complexity index is 503. The van der Waals surface area contributed by atoms with E-state index in [1.54, 1.807) is 6.08 Å². The van der Waals surface area contributed by atoms with Gasteiger partial charge in [0, 0.05) is 7.11 Å². The van der Waals surface area contributed by atoms with Crippen molar-refractivity contribution in [2.24, 2.45) is 17.8 Å². The molecule has 0 unspecified atom stereocenters. The lowest BCUT2D eigenvalue weighted by Crippen LogP contribution is -2.38. The lowest BCUT2D eigenvalue weighted by molar-refractivity contribution is -0.0618. The van der Waals surface area contributed by atoms with E-state index in [9.17, 15) is 4.39 Å². The predicted octanol–water partition coefficient (Wildman–Crippen LogP) is 6.88. The summed E-state index contributed by atoms with van der Waals surface area (Å²) in [4.78, 5) is 0. The van der Waals surface area contributed by atoms with Crippen molar-refractivity contribution in [1.82, 2.24) is 0 Å². The van der Waals surface area contributed by atoms with E-state index in [1.807, 2.05) is 13.2 Å². The number of halogens is 1. The van der Waals surface area contributed by atoms with Crippen LogP contribution in [0.5, 0.6) is 0 Å². The molecular weight excluding hydrogens is 325 g/mol. The van der Waals surface area contributed by atoms with Crippen LogP contribution in [-0.4, -0.2) is 12.7 Å². The number of ether oxygens (including phenoxy) is 1. The monoisotopic (exact) mass is 361 g/mol. The minimum atomic E-state index is -0.739. The van der Waals surface area contributed by atoms with E-state index >= 15 is 0 Å². The van der Waals surface area contributed by atoms with Gasteiger partial charge in [-0.2, -0.15) is 9.65 Å². The fraction of sp³-hybridized carbons (Fsp3) is 0.783. The quantitative estimate of drug-likeness (QED) is 0.348. The van der Waals surface area contributed by atoms with Crippen molar-refractivity contribution in [3.63, 3.8) is 0 Å². The van der Waals surface area contributed by atoms with Gasteiger partial charge in [-0.05, 0) is 75.2 Å². The average molecular weight is 362 g/mol. The van der Waals surface area contributed by atoms with Crippen LogP contribution >= 0.6 is 0 Å². The summed E-state index contributed by atoms with van der Waals surface area (Å²) in [6.07, 6.45) is 20.1. The maximum Gasteiger partial charge on any atom is 0.199 e. The van der Waals surface area contributed by atoms with Gasteiger partial charge in [0.25, 0.3) is 0 Å². The fourth-order valence-corrected chi connectivity index (χ4v) is 5.18. The van der Waals surface area contributed by atoms with Gasteiger partial charge in [-0.15, -0.1) is 0 Å². The van der Waals surface area contributed by atoms with Crippen LogP contribution in [0.25, 0.3) is 0 Å². The molecule has 0 aromatic heterocycles. The zero-order valence-corrected chi connectivity index (χ0v) is 16.7. The first-order chi connectivity index (χ1) is 12.6. The van der Waals surface area contributed by atoms with E-state index in [0.717, 1.165) is 43.4 Å². The standard InChI is InChI=1S/C23H36FNO/c1-3-7-19-9-11-20(12-10-19)21-13-16-23(26-2,17-14-21)15-6-4-5-8-22(24)18-25/h4-5,8,19-21H,3,6-7,9-17H2,1-2H3/t19-,20-,21-,23+. The van der Waals surface area contributed by atoms with Gasteiger partial charge in [-0.3, -0.25) is 0 Å². The fourth-order valence-electron chi connectivity index (χ4n) is 5.18. The maximum absolute atomic E-state index is 12.8. The molecule has 2 rings (SSSR count). The number of nitriles is 1. The normalized spacial score (nSPS) is 33.3. The summed E-state index contributed by atoms with van der Waals surface area (Å²) in [6.45, 7) is 2.31. The summed E-state index contributed by atoms with van der Waals surface area (Å²) in [6, 6.07) is 1.49. The van der Waals surface area contributed by atoms with Crippen LogP contribution in [0, 0.1) is 29.1 Å². The molecule has 2 fully saturated rings. The highest BCUT2D eigenvalue weighted by Crippen LogP contribution is 2.45. The predicted molar refractivity (Wildman–Crippen MR) is 105 cm³/mol. The molecule has 0 saturated heterocycles. The van der Waals surface area contributed by atoms with E-state index < -0.39 is 5.83 Å². The number of allylic oxidation sites excluding steroid dienone is 4. The second-order valence-electron chi connectivity index (χ2n) is 8.39. The van der Waals surface area contributed by atoms with E-state index in [2.05, 4.69) is 6.92 Å². The molecule has 0 spiro atoms. The van der Waals surface area contributed by atoms with E-state index in [4.69, 9.17) is 10.00 Å². The smallest absolute Gasteiger partial charge is 0.199 e. The van der Waals surface area contributed by atoms with Crippen LogP contribution in [0.2, 0.25) is 0 Å². The first kappa shape index (κ1) is 21.2. The zero-order valence-electron chi connectivity index (χ0n) is 16.7. The first-order valence-electron chi connectivity index (χ1n) is 10.6. The van der Waals surface area contributed by atoms with Gasteiger partial charge < -0.3 is 4.74 Å². The molecule has 2 aliphatic carbocycles. The molecule has 0 aromatic rings. The minimum absolute atomic E-state index is 0.00224. The molecule has 146 valence electrons. The number of hydrogen-bond acceptors (Lipinski definition) is 2. The molecule has 2 aliphatic rings. The van der Waals surface area contributed by atoms with Crippen molar-refractivity contribution in [3.05, 3.63) is 24.1 Å². The number of nitrogens with zero attached hydrogens (tertiary/aromatic N) is 1. The Labute approximate surface area is 159 Å². The van der Waals surface area contributed by atoms with Crippen molar-refractivity contribution < 1.29 is 9.13 Å². The van der Waals surface area contributed by atoms with Crippen molar-refractivity contribution in [3.8, 4) is 6.07 Å². The molecule has 0 radical (unpaired) electrons. The maximum atomic E-state index is 12.8. The second kappa shape index (κ2) is 10.9. The third kappa shape index (κ3) is 6.23. The number of rotatable bonds is 8. The largest absolute Gasteiger partial charge is 0.378 e. The highest BCUT2D eigenvalue weighted by atomic mass is 19.1. The molecule has 3 heteroatoms. The summed E-state index contributed by atoms with van der Waals surface area (Å²) in [5, 5.41) is 8.40. The molecule has 0 aromatic carbocycles. The van der Waals surface area contributed by atoms with Crippen LogP contribution in [0.3, 0.4) is 0 Å². The molecule has 0 amide bonds. The zero-order chi connectivity index (χ0) is 18.8. The summed E-state index contributed by atoms with van der Waals surface area (Å²) in [7, 11) is 1.84. The molecule has 0 bridgehead atoms. The van der Waals surface area contributed by atoms with Gasteiger partial charge in [0.1, 0.15) is 6.07 Å². The Morgan fingerprint density at radius 3 is 2.38 bits per heavy atom. The lowest BCUT2D eigenvalue weighted by Gasteiger charge is -2.43. The van der Waals surface area contributed by atoms with Crippen molar-refractivity contribution >= 4 is 0 Å². The van der Waals surface area contributed by atoms with Gasteiger partial charge in [-0.1, -0.05) is 44.8 Å². The topological polar surface area (TPSA) is 33.0 Å². The van der Waals surface area contributed by atoms with Crippen LogP contribution in [0.4, 0.5) is 4.39 Å². The van der Waals surface area contributed by atoms with Crippen molar-refractivity contribution in [2.45, 2.75) is 89.6 Å². The van der Waals surface area contributed by atoms with Gasteiger partial charge >= 0.3 is 0 Å².